The smallest absolute Gasteiger partial charge is 0.184 e. The largest absolute Gasteiger partial charge is 0.412 e. The fourth-order valence-corrected chi connectivity index (χ4v) is 4.87. The molecule has 0 radical (unpaired) electrons. The molecule has 2 nitrogen and oxygen atoms in total. The lowest BCUT2D eigenvalue weighted by Crippen LogP contribution is -2.44. The molecule has 2 atom stereocenters. The summed E-state index contributed by atoms with van der Waals surface area (Å²) in [7, 11) is -3.01. The fourth-order valence-electron chi connectivity index (χ4n) is 2.52. The molecular formula is C15H32O2Si2. The zero-order valence-electron chi connectivity index (χ0n) is 13.9. The molecule has 0 heterocycles. The Morgan fingerprint density at radius 2 is 1.37 bits per heavy atom. The van der Waals surface area contributed by atoms with Crippen LogP contribution in [-0.4, -0.2) is 28.8 Å². The van der Waals surface area contributed by atoms with Gasteiger partial charge in [-0.15, -0.1) is 0 Å². The molecular weight excluding hydrogens is 268 g/mol. The summed E-state index contributed by atoms with van der Waals surface area (Å²) in [6, 6.07) is 0. The van der Waals surface area contributed by atoms with E-state index in [1.807, 2.05) is 0 Å². The molecule has 1 aliphatic rings. The van der Waals surface area contributed by atoms with Gasteiger partial charge in [0.25, 0.3) is 0 Å². The zero-order valence-corrected chi connectivity index (χ0v) is 15.9. The third kappa shape index (κ3) is 7.44. The number of hydrogen-bond acceptors (Lipinski definition) is 2. The maximum atomic E-state index is 6.43. The SMILES string of the molecule is CC1=CCCC(O[Si](C)(C)C)C(O[Si](C)(C)C)CC1. The average molecular weight is 301 g/mol. The maximum absolute atomic E-state index is 6.43. The van der Waals surface area contributed by atoms with Gasteiger partial charge in [0.1, 0.15) is 0 Å². The molecule has 1 rings (SSSR count). The van der Waals surface area contributed by atoms with Crippen LogP contribution in [0.4, 0.5) is 0 Å². The molecule has 0 aromatic carbocycles. The highest BCUT2D eigenvalue weighted by Crippen LogP contribution is 2.27. The quantitative estimate of drug-likeness (QED) is 0.540. The van der Waals surface area contributed by atoms with E-state index in [0.717, 1.165) is 25.7 Å². The van der Waals surface area contributed by atoms with Gasteiger partial charge in [0.05, 0.1) is 12.2 Å². The van der Waals surface area contributed by atoms with Crippen LogP contribution in [0, 0.1) is 0 Å². The standard InChI is InChI=1S/C15H32O2Si2/c1-13-9-8-10-14(16-18(2,3)4)15(12-11-13)17-19(5,6)7/h9,14-15H,8,10-12H2,1-7H3. The molecule has 0 aromatic rings. The van der Waals surface area contributed by atoms with Crippen molar-refractivity contribution >= 4 is 16.6 Å². The second-order valence-electron chi connectivity index (χ2n) is 7.70. The van der Waals surface area contributed by atoms with Crippen LogP contribution in [0.1, 0.15) is 32.6 Å². The molecule has 0 aromatic heterocycles. The van der Waals surface area contributed by atoms with Gasteiger partial charge in [-0.2, -0.15) is 0 Å². The third-order valence-electron chi connectivity index (χ3n) is 3.19. The fraction of sp³-hybridized carbons (Fsp3) is 0.867. The summed E-state index contributed by atoms with van der Waals surface area (Å²) < 4.78 is 12.8. The van der Waals surface area contributed by atoms with Crippen LogP contribution in [0.25, 0.3) is 0 Å². The Morgan fingerprint density at radius 1 is 0.895 bits per heavy atom. The highest BCUT2D eigenvalue weighted by molar-refractivity contribution is 6.70. The van der Waals surface area contributed by atoms with Gasteiger partial charge in [-0.05, 0) is 71.9 Å². The first-order valence-corrected chi connectivity index (χ1v) is 14.4. The van der Waals surface area contributed by atoms with Crippen molar-refractivity contribution in [1.29, 1.82) is 0 Å². The van der Waals surface area contributed by atoms with Crippen LogP contribution in [0.3, 0.4) is 0 Å². The molecule has 0 N–H and O–H groups in total. The number of allylic oxidation sites excluding steroid dienone is 2. The summed E-state index contributed by atoms with van der Waals surface area (Å²) in [5.74, 6) is 0. The van der Waals surface area contributed by atoms with Crippen molar-refractivity contribution in [2.24, 2.45) is 0 Å². The summed E-state index contributed by atoms with van der Waals surface area (Å²) in [6.45, 7) is 15.9. The summed E-state index contributed by atoms with van der Waals surface area (Å²) in [6.07, 6.45) is 7.47. The molecule has 2 unspecified atom stereocenters. The van der Waals surface area contributed by atoms with E-state index < -0.39 is 16.6 Å². The van der Waals surface area contributed by atoms with Crippen LogP contribution in [0.15, 0.2) is 11.6 Å². The molecule has 0 aliphatic heterocycles. The Bertz CT molecular complexity index is 313. The normalized spacial score (nSPS) is 26.6. The molecule has 0 amide bonds. The van der Waals surface area contributed by atoms with Crippen molar-refractivity contribution in [1.82, 2.24) is 0 Å². The number of rotatable bonds is 4. The van der Waals surface area contributed by atoms with E-state index in [0.29, 0.717) is 12.2 Å². The molecule has 0 spiro atoms. The lowest BCUT2D eigenvalue weighted by molar-refractivity contribution is 0.0327. The average Bonchev–Trinajstić information content (AvgIpc) is 2.17. The zero-order chi connectivity index (χ0) is 14.7. The highest BCUT2D eigenvalue weighted by atomic mass is 28.4. The first-order valence-electron chi connectivity index (χ1n) is 7.58. The summed E-state index contributed by atoms with van der Waals surface area (Å²) >= 11 is 0. The molecule has 0 saturated carbocycles. The van der Waals surface area contributed by atoms with Gasteiger partial charge < -0.3 is 8.85 Å². The van der Waals surface area contributed by atoms with Gasteiger partial charge in [0, 0.05) is 0 Å². The molecule has 4 heteroatoms. The van der Waals surface area contributed by atoms with Gasteiger partial charge in [-0.3, -0.25) is 0 Å². The van der Waals surface area contributed by atoms with E-state index in [4.69, 9.17) is 8.85 Å². The minimum atomic E-state index is -1.51. The second-order valence-corrected chi connectivity index (χ2v) is 16.6. The van der Waals surface area contributed by atoms with Crippen LogP contribution < -0.4 is 0 Å². The highest BCUT2D eigenvalue weighted by Gasteiger charge is 2.32. The lowest BCUT2D eigenvalue weighted by atomic mass is 9.97. The first kappa shape index (κ1) is 17.1. The molecule has 1 aliphatic carbocycles. The Balaban J connectivity index is 2.79. The van der Waals surface area contributed by atoms with E-state index in [2.05, 4.69) is 52.3 Å². The van der Waals surface area contributed by atoms with Crippen LogP contribution in [0.5, 0.6) is 0 Å². The van der Waals surface area contributed by atoms with Crippen LogP contribution >= 0.6 is 0 Å². The minimum Gasteiger partial charge on any atom is -0.412 e. The third-order valence-corrected chi connectivity index (χ3v) is 5.21. The first-order chi connectivity index (χ1) is 8.57. The summed E-state index contributed by atoms with van der Waals surface area (Å²) in [5.41, 5.74) is 1.51. The molecule has 0 saturated heterocycles. The maximum Gasteiger partial charge on any atom is 0.184 e. The molecule has 0 fully saturated rings. The Kier molecular flexibility index (Phi) is 6.05. The number of hydrogen-bond donors (Lipinski definition) is 0. The van der Waals surface area contributed by atoms with Crippen molar-refractivity contribution in [3.8, 4) is 0 Å². The predicted molar refractivity (Wildman–Crippen MR) is 88.7 cm³/mol. The van der Waals surface area contributed by atoms with E-state index in [9.17, 15) is 0 Å². The van der Waals surface area contributed by atoms with E-state index in [1.54, 1.807) is 0 Å². The van der Waals surface area contributed by atoms with Gasteiger partial charge in [-0.1, -0.05) is 11.6 Å². The van der Waals surface area contributed by atoms with E-state index in [-0.39, 0.29) is 0 Å². The van der Waals surface area contributed by atoms with E-state index in [1.165, 1.54) is 5.57 Å². The van der Waals surface area contributed by atoms with Crippen molar-refractivity contribution in [3.63, 3.8) is 0 Å². The van der Waals surface area contributed by atoms with Crippen molar-refractivity contribution in [3.05, 3.63) is 11.6 Å². The van der Waals surface area contributed by atoms with Gasteiger partial charge in [-0.25, -0.2) is 0 Å². The molecule has 112 valence electrons. The van der Waals surface area contributed by atoms with E-state index >= 15 is 0 Å². The summed E-state index contributed by atoms with van der Waals surface area (Å²) in [5, 5.41) is 0. The Labute approximate surface area is 121 Å². The van der Waals surface area contributed by atoms with Gasteiger partial charge in [0.15, 0.2) is 16.6 Å². The van der Waals surface area contributed by atoms with Crippen molar-refractivity contribution in [2.45, 2.75) is 84.1 Å². The Hall–Kier alpha value is 0.0938. The van der Waals surface area contributed by atoms with Crippen molar-refractivity contribution < 1.29 is 8.85 Å². The second kappa shape index (κ2) is 6.70. The Morgan fingerprint density at radius 3 is 1.84 bits per heavy atom. The molecule has 19 heavy (non-hydrogen) atoms. The topological polar surface area (TPSA) is 18.5 Å². The van der Waals surface area contributed by atoms with Gasteiger partial charge in [0.2, 0.25) is 0 Å². The van der Waals surface area contributed by atoms with Crippen molar-refractivity contribution in [2.75, 3.05) is 0 Å². The monoisotopic (exact) mass is 300 g/mol. The van der Waals surface area contributed by atoms with Crippen LogP contribution in [0.2, 0.25) is 39.3 Å². The van der Waals surface area contributed by atoms with Gasteiger partial charge >= 0.3 is 0 Å². The van der Waals surface area contributed by atoms with Crippen LogP contribution in [-0.2, 0) is 8.85 Å². The lowest BCUT2D eigenvalue weighted by Gasteiger charge is -2.37. The molecule has 0 bridgehead atoms. The summed E-state index contributed by atoms with van der Waals surface area (Å²) in [4.78, 5) is 0. The predicted octanol–water partition coefficient (Wildman–Crippen LogP) is 4.95. The minimum absolute atomic E-state index is 0.294.